The highest BCUT2D eigenvalue weighted by molar-refractivity contribution is 7.99. The van der Waals surface area contributed by atoms with Crippen molar-refractivity contribution in [1.82, 2.24) is 19.9 Å². The lowest BCUT2D eigenvalue weighted by Gasteiger charge is -2.15. The number of hydrogen-bond donors (Lipinski definition) is 1. The van der Waals surface area contributed by atoms with Gasteiger partial charge < -0.3 is 10.1 Å². The first-order valence-corrected chi connectivity index (χ1v) is 11.0. The Morgan fingerprint density at radius 3 is 2.92 bits per heavy atom. The number of carbonyl (C=O) groups excluding carboxylic acids is 2. The number of fused-ring (bicyclic) bond motifs is 3. The van der Waals surface area contributed by atoms with E-state index in [9.17, 15) is 9.59 Å². The lowest BCUT2D eigenvalue weighted by atomic mass is 10.2. The van der Waals surface area contributed by atoms with Crippen molar-refractivity contribution in [3.8, 4) is 0 Å². The molecule has 1 aromatic carbocycles. The molecule has 1 N–H and O–H groups in total. The normalized spacial score (nSPS) is 12.4. The molecular formula is C16H18N4O3S3. The summed E-state index contributed by atoms with van der Waals surface area (Å²) in [5.41, 5.74) is 1.02. The zero-order valence-corrected chi connectivity index (χ0v) is 16.7. The van der Waals surface area contributed by atoms with Crippen LogP contribution < -0.4 is 5.32 Å². The molecule has 0 unspecified atom stereocenters. The van der Waals surface area contributed by atoms with Crippen molar-refractivity contribution in [1.29, 1.82) is 0 Å². The maximum atomic E-state index is 12.3. The second-order valence-electron chi connectivity index (χ2n) is 5.38. The number of nitrogens with one attached hydrogen (secondary N) is 1. The van der Waals surface area contributed by atoms with E-state index in [1.165, 1.54) is 18.9 Å². The molecule has 0 bridgehead atoms. The highest BCUT2D eigenvalue weighted by atomic mass is 32.2. The van der Waals surface area contributed by atoms with Crippen LogP contribution in [0.2, 0.25) is 0 Å². The topological polar surface area (TPSA) is 85.6 Å². The van der Waals surface area contributed by atoms with Crippen LogP contribution in [-0.4, -0.2) is 57.4 Å². The third-order valence-corrected chi connectivity index (χ3v) is 6.26. The highest BCUT2D eigenvalue weighted by Gasteiger charge is 2.21. The number of thiazole rings is 1. The van der Waals surface area contributed by atoms with Crippen LogP contribution in [0.4, 0.5) is 0 Å². The number of esters is 1. The number of amides is 1. The summed E-state index contributed by atoms with van der Waals surface area (Å²) in [7, 11) is 1.32. The zero-order chi connectivity index (χ0) is 18.5. The maximum absolute atomic E-state index is 12.3. The van der Waals surface area contributed by atoms with E-state index in [4.69, 9.17) is 4.74 Å². The zero-order valence-electron chi connectivity index (χ0n) is 14.3. The molecule has 0 radical (unpaired) electrons. The number of benzene rings is 1. The van der Waals surface area contributed by atoms with E-state index in [2.05, 4.69) is 15.5 Å². The first kappa shape index (κ1) is 19.0. The lowest BCUT2D eigenvalue weighted by Crippen LogP contribution is -2.42. The maximum Gasteiger partial charge on any atom is 0.328 e. The standard InChI is InChI=1S/C16H18N4O3S3/c1-23-14(22)10(7-8-24-2)17-13(21)9-25-15-18-19-16-20(15)11-5-3-4-6-12(11)26-16/h3-6,10H,7-9H2,1-2H3,(H,17,21)/t10-/m0/s1. The average Bonchev–Trinajstić information content (AvgIpc) is 3.22. The van der Waals surface area contributed by atoms with E-state index in [1.807, 2.05) is 34.9 Å². The summed E-state index contributed by atoms with van der Waals surface area (Å²) in [6.07, 6.45) is 2.49. The Morgan fingerprint density at radius 1 is 1.35 bits per heavy atom. The number of rotatable bonds is 8. The summed E-state index contributed by atoms with van der Waals surface area (Å²) in [5.74, 6) is 0.255. The number of thioether (sulfide) groups is 2. The summed E-state index contributed by atoms with van der Waals surface area (Å²) in [5, 5.41) is 11.7. The molecule has 0 fully saturated rings. The van der Waals surface area contributed by atoms with Gasteiger partial charge in [-0.2, -0.15) is 11.8 Å². The van der Waals surface area contributed by atoms with Crippen molar-refractivity contribution in [3.05, 3.63) is 24.3 Å². The third-order valence-electron chi connectivity index (χ3n) is 3.68. The van der Waals surface area contributed by atoms with Crippen LogP contribution in [0.3, 0.4) is 0 Å². The predicted octanol–water partition coefficient (Wildman–Crippen LogP) is 2.45. The van der Waals surface area contributed by atoms with Gasteiger partial charge in [0.15, 0.2) is 5.16 Å². The summed E-state index contributed by atoms with van der Waals surface area (Å²) in [4.78, 5) is 24.9. The van der Waals surface area contributed by atoms with Crippen molar-refractivity contribution < 1.29 is 14.3 Å². The Labute approximate surface area is 162 Å². The van der Waals surface area contributed by atoms with Gasteiger partial charge in [-0.05, 0) is 30.6 Å². The average molecular weight is 411 g/mol. The van der Waals surface area contributed by atoms with Crippen LogP contribution in [0.15, 0.2) is 29.4 Å². The SMILES string of the molecule is COC(=O)[C@H](CCSC)NC(=O)CSc1nnc2sc3ccccc3n12. The van der Waals surface area contributed by atoms with Gasteiger partial charge in [-0.25, -0.2) is 4.79 Å². The van der Waals surface area contributed by atoms with Gasteiger partial charge in [0, 0.05) is 0 Å². The number of nitrogens with zero attached hydrogens (tertiary/aromatic N) is 3. The molecule has 138 valence electrons. The predicted molar refractivity (Wildman–Crippen MR) is 106 cm³/mol. The van der Waals surface area contributed by atoms with Gasteiger partial charge in [0.1, 0.15) is 6.04 Å². The molecule has 3 rings (SSSR count). The quantitative estimate of drug-likeness (QED) is 0.451. The number of para-hydroxylation sites is 1. The third kappa shape index (κ3) is 4.13. The minimum Gasteiger partial charge on any atom is -0.467 e. The van der Waals surface area contributed by atoms with Crippen LogP contribution in [0.5, 0.6) is 0 Å². The molecule has 2 aromatic heterocycles. The molecule has 2 heterocycles. The molecule has 3 aromatic rings. The first-order chi connectivity index (χ1) is 12.6. The first-order valence-electron chi connectivity index (χ1n) is 7.85. The molecule has 0 aliphatic carbocycles. The van der Waals surface area contributed by atoms with Crippen molar-refractivity contribution in [2.45, 2.75) is 17.6 Å². The van der Waals surface area contributed by atoms with Crippen molar-refractivity contribution in [2.75, 3.05) is 24.9 Å². The van der Waals surface area contributed by atoms with Crippen LogP contribution in [0, 0.1) is 0 Å². The van der Waals surface area contributed by atoms with Crippen molar-refractivity contribution in [2.24, 2.45) is 0 Å². The van der Waals surface area contributed by atoms with E-state index in [-0.39, 0.29) is 11.7 Å². The summed E-state index contributed by atoms with van der Waals surface area (Å²) < 4.78 is 7.83. The van der Waals surface area contributed by atoms with Gasteiger partial charge in [-0.3, -0.25) is 9.20 Å². The Morgan fingerprint density at radius 2 is 2.15 bits per heavy atom. The minimum absolute atomic E-state index is 0.151. The molecule has 1 amide bonds. The van der Waals surface area contributed by atoms with Gasteiger partial charge in [0.2, 0.25) is 10.9 Å². The van der Waals surface area contributed by atoms with E-state index in [1.54, 1.807) is 23.1 Å². The molecule has 0 aliphatic heterocycles. The number of methoxy groups -OCH3 is 1. The molecule has 1 atom stereocenters. The summed E-state index contributed by atoms with van der Waals surface area (Å²) >= 11 is 4.47. The van der Waals surface area contributed by atoms with E-state index in [0.717, 1.165) is 20.9 Å². The van der Waals surface area contributed by atoms with Gasteiger partial charge in [0.05, 0.1) is 23.1 Å². The Kier molecular flexibility index (Phi) is 6.38. The monoisotopic (exact) mass is 410 g/mol. The van der Waals surface area contributed by atoms with Crippen molar-refractivity contribution in [3.63, 3.8) is 0 Å². The van der Waals surface area contributed by atoms with Gasteiger partial charge >= 0.3 is 5.97 Å². The fraction of sp³-hybridized carbons (Fsp3) is 0.375. The Hall–Kier alpha value is -1.78. The van der Waals surface area contributed by atoms with Crippen LogP contribution in [0.25, 0.3) is 15.2 Å². The van der Waals surface area contributed by atoms with Gasteiger partial charge in [-0.15, -0.1) is 10.2 Å². The molecule has 7 nitrogen and oxygen atoms in total. The minimum atomic E-state index is -0.624. The summed E-state index contributed by atoms with van der Waals surface area (Å²) in [6, 6.07) is 7.35. The molecule has 26 heavy (non-hydrogen) atoms. The van der Waals surface area contributed by atoms with Crippen LogP contribution in [-0.2, 0) is 14.3 Å². The number of aromatic nitrogens is 3. The van der Waals surface area contributed by atoms with Crippen molar-refractivity contribution >= 4 is 61.9 Å². The highest BCUT2D eigenvalue weighted by Crippen LogP contribution is 2.29. The number of hydrogen-bond acceptors (Lipinski definition) is 8. The Balaban J connectivity index is 1.67. The smallest absolute Gasteiger partial charge is 0.328 e. The fourth-order valence-corrected chi connectivity index (χ4v) is 4.69. The summed E-state index contributed by atoms with van der Waals surface area (Å²) in [6.45, 7) is 0. The largest absolute Gasteiger partial charge is 0.467 e. The van der Waals surface area contributed by atoms with Crippen LogP contribution in [0.1, 0.15) is 6.42 Å². The van der Waals surface area contributed by atoms with Gasteiger partial charge in [0.25, 0.3) is 0 Å². The molecular weight excluding hydrogens is 392 g/mol. The van der Waals surface area contributed by atoms with E-state index < -0.39 is 12.0 Å². The molecule has 0 aliphatic rings. The molecule has 0 saturated heterocycles. The fourth-order valence-electron chi connectivity index (χ4n) is 2.44. The number of ether oxygens (including phenoxy) is 1. The molecule has 0 saturated carbocycles. The number of carbonyl (C=O) groups is 2. The van der Waals surface area contributed by atoms with E-state index >= 15 is 0 Å². The van der Waals surface area contributed by atoms with Crippen LogP contribution >= 0.6 is 34.9 Å². The van der Waals surface area contributed by atoms with Gasteiger partial charge in [-0.1, -0.05) is 35.2 Å². The second-order valence-corrected chi connectivity index (χ2v) is 8.32. The second kappa shape index (κ2) is 8.74. The molecule has 0 spiro atoms. The lowest BCUT2D eigenvalue weighted by molar-refractivity contribution is -0.144. The Bertz CT molecular complexity index is 924. The van der Waals surface area contributed by atoms with E-state index in [0.29, 0.717) is 11.6 Å². The molecule has 10 heteroatoms.